The molecule has 20 heavy (non-hydrogen) atoms. The van der Waals surface area contributed by atoms with E-state index in [0.717, 1.165) is 6.07 Å². The highest BCUT2D eigenvalue weighted by Gasteiger charge is 2.20. The van der Waals surface area contributed by atoms with Crippen LogP contribution in [-0.2, 0) is 15.6 Å². The van der Waals surface area contributed by atoms with E-state index in [-0.39, 0.29) is 11.3 Å². The molecule has 0 heterocycles. The van der Waals surface area contributed by atoms with Gasteiger partial charge in [-0.25, -0.2) is 21.6 Å². The van der Waals surface area contributed by atoms with Gasteiger partial charge >= 0.3 is 0 Å². The van der Waals surface area contributed by atoms with Crippen LogP contribution in [-0.4, -0.2) is 8.42 Å². The van der Waals surface area contributed by atoms with Crippen LogP contribution in [0.5, 0.6) is 0 Å². The van der Waals surface area contributed by atoms with Crippen molar-refractivity contribution < 1.29 is 21.6 Å². The first-order chi connectivity index (χ1) is 9.31. The van der Waals surface area contributed by atoms with Gasteiger partial charge in [0.2, 0.25) is 0 Å². The lowest BCUT2D eigenvalue weighted by Gasteiger charge is -2.07. The van der Waals surface area contributed by atoms with Crippen molar-refractivity contribution in [2.24, 2.45) is 0 Å². The van der Waals surface area contributed by atoms with Crippen LogP contribution in [0.15, 0.2) is 41.3 Å². The number of anilines is 1. The molecule has 0 radical (unpaired) electrons. The highest BCUT2D eigenvalue weighted by atomic mass is 32.2. The Morgan fingerprint density at radius 1 is 1.00 bits per heavy atom. The van der Waals surface area contributed by atoms with E-state index in [1.54, 1.807) is 0 Å². The van der Waals surface area contributed by atoms with Gasteiger partial charge in [0.1, 0.15) is 5.82 Å². The van der Waals surface area contributed by atoms with Gasteiger partial charge in [-0.05, 0) is 24.3 Å². The molecule has 0 aliphatic rings. The maximum Gasteiger partial charge on any atom is 0.182 e. The van der Waals surface area contributed by atoms with Crippen molar-refractivity contribution in [2.45, 2.75) is 10.6 Å². The van der Waals surface area contributed by atoms with E-state index in [2.05, 4.69) is 0 Å². The highest BCUT2D eigenvalue weighted by Crippen LogP contribution is 2.22. The third-order valence-electron chi connectivity index (χ3n) is 2.70. The van der Waals surface area contributed by atoms with Gasteiger partial charge in [0.15, 0.2) is 21.5 Å². The molecule has 0 unspecified atom stereocenters. The fourth-order valence-corrected chi connectivity index (χ4v) is 3.03. The molecule has 2 rings (SSSR count). The predicted molar refractivity (Wildman–Crippen MR) is 68.1 cm³/mol. The van der Waals surface area contributed by atoms with Gasteiger partial charge < -0.3 is 5.73 Å². The van der Waals surface area contributed by atoms with Crippen LogP contribution in [0, 0.1) is 17.5 Å². The molecule has 0 aromatic heterocycles. The lowest BCUT2D eigenvalue weighted by atomic mass is 10.2. The van der Waals surface area contributed by atoms with Crippen molar-refractivity contribution >= 4 is 15.5 Å². The van der Waals surface area contributed by atoms with Crippen LogP contribution in [0.3, 0.4) is 0 Å². The van der Waals surface area contributed by atoms with Crippen LogP contribution in [0.25, 0.3) is 0 Å². The fraction of sp³-hybridized carbons (Fsp3) is 0.0769. The van der Waals surface area contributed by atoms with Gasteiger partial charge in [-0.15, -0.1) is 0 Å². The molecule has 0 spiro atoms. The van der Waals surface area contributed by atoms with Gasteiger partial charge in [-0.1, -0.05) is 12.1 Å². The monoisotopic (exact) mass is 301 g/mol. The Hall–Kier alpha value is -2.02. The Labute approximate surface area is 113 Å². The standard InChI is InChI=1S/C13H10F3NO2S/c14-10-5-4-9(6-11(10)15)20(18,19)7-8-2-1-3-12(17)13(8)16/h1-6H,7,17H2. The Kier molecular flexibility index (Phi) is 3.71. The largest absolute Gasteiger partial charge is 0.396 e. The number of rotatable bonds is 3. The normalized spacial score (nSPS) is 11.6. The minimum Gasteiger partial charge on any atom is -0.396 e. The van der Waals surface area contributed by atoms with Crippen LogP contribution < -0.4 is 5.73 Å². The van der Waals surface area contributed by atoms with E-state index >= 15 is 0 Å². The zero-order chi connectivity index (χ0) is 14.9. The maximum absolute atomic E-state index is 13.7. The number of benzene rings is 2. The van der Waals surface area contributed by atoms with E-state index in [4.69, 9.17) is 5.73 Å². The molecule has 0 saturated heterocycles. The van der Waals surface area contributed by atoms with Gasteiger partial charge in [-0.3, -0.25) is 0 Å². The summed E-state index contributed by atoms with van der Waals surface area (Å²) in [6.45, 7) is 0. The molecule has 0 fully saturated rings. The zero-order valence-corrected chi connectivity index (χ0v) is 10.9. The number of hydrogen-bond donors (Lipinski definition) is 1. The van der Waals surface area contributed by atoms with Gasteiger partial charge in [0, 0.05) is 5.56 Å². The molecule has 3 nitrogen and oxygen atoms in total. The summed E-state index contributed by atoms with van der Waals surface area (Å²) in [6, 6.07) is 6.17. The molecule has 2 aromatic rings. The molecule has 0 aliphatic heterocycles. The molecule has 0 amide bonds. The topological polar surface area (TPSA) is 60.2 Å². The molecule has 2 N–H and O–H groups in total. The summed E-state index contributed by atoms with van der Waals surface area (Å²) in [5.74, 6) is -3.95. The maximum atomic E-state index is 13.7. The van der Waals surface area contributed by atoms with Crippen molar-refractivity contribution in [3.05, 3.63) is 59.4 Å². The second-order valence-electron chi connectivity index (χ2n) is 4.16. The van der Waals surface area contributed by atoms with Crippen LogP contribution in [0.2, 0.25) is 0 Å². The average molecular weight is 301 g/mol. The number of halogens is 3. The van der Waals surface area contributed by atoms with Crippen LogP contribution in [0.4, 0.5) is 18.9 Å². The summed E-state index contributed by atoms with van der Waals surface area (Å²) >= 11 is 0. The average Bonchev–Trinajstić information content (AvgIpc) is 2.38. The Morgan fingerprint density at radius 2 is 1.70 bits per heavy atom. The number of nitrogen functional groups attached to an aromatic ring is 1. The third-order valence-corrected chi connectivity index (χ3v) is 4.37. The molecule has 7 heteroatoms. The summed E-state index contributed by atoms with van der Waals surface area (Å²) in [6.07, 6.45) is 0. The molecule has 106 valence electrons. The summed E-state index contributed by atoms with van der Waals surface area (Å²) < 4.78 is 63.6. The van der Waals surface area contributed by atoms with Crippen molar-refractivity contribution in [1.29, 1.82) is 0 Å². The summed E-state index contributed by atoms with van der Waals surface area (Å²) in [5.41, 5.74) is 5.04. The van der Waals surface area contributed by atoms with Crippen LogP contribution >= 0.6 is 0 Å². The first kappa shape index (κ1) is 14.4. The SMILES string of the molecule is Nc1cccc(CS(=O)(=O)c2ccc(F)c(F)c2)c1F. The Balaban J connectivity index is 2.41. The van der Waals surface area contributed by atoms with Crippen molar-refractivity contribution in [3.8, 4) is 0 Å². The minimum absolute atomic E-state index is 0.130. The highest BCUT2D eigenvalue weighted by molar-refractivity contribution is 7.90. The van der Waals surface area contributed by atoms with Crippen molar-refractivity contribution in [2.75, 3.05) is 5.73 Å². The van der Waals surface area contributed by atoms with Gasteiger partial charge in [0.05, 0.1) is 16.3 Å². The zero-order valence-electron chi connectivity index (χ0n) is 10.1. The van der Waals surface area contributed by atoms with Crippen molar-refractivity contribution in [3.63, 3.8) is 0 Å². The molecule has 0 atom stereocenters. The van der Waals surface area contributed by atoms with Crippen LogP contribution in [0.1, 0.15) is 5.56 Å². The van der Waals surface area contributed by atoms with Crippen molar-refractivity contribution in [1.82, 2.24) is 0 Å². The molecular formula is C13H10F3NO2S. The number of nitrogens with two attached hydrogens (primary N) is 1. The lowest BCUT2D eigenvalue weighted by molar-refractivity contribution is 0.504. The first-order valence-corrected chi connectivity index (χ1v) is 7.17. The van der Waals surface area contributed by atoms with E-state index in [9.17, 15) is 21.6 Å². The summed E-state index contributed by atoms with van der Waals surface area (Å²) in [4.78, 5) is -0.418. The predicted octanol–water partition coefficient (Wildman–Crippen LogP) is 2.66. The quantitative estimate of drug-likeness (QED) is 0.700. The smallest absolute Gasteiger partial charge is 0.182 e. The molecule has 0 saturated carbocycles. The fourth-order valence-electron chi connectivity index (χ4n) is 1.67. The number of sulfone groups is 1. The van der Waals surface area contributed by atoms with Gasteiger partial charge in [0.25, 0.3) is 0 Å². The minimum atomic E-state index is -3.99. The van der Waals surface area contributed by atoms with E-state index < -0.39 is 37.9 Å². The Morgan fingerprint density at radius 3 is 2.35 bits per heavy atom. The molecule has 0 bridgehead atoms. The molecular weight excluding hydrogens is 291 g/mol. The third kappa shape index (κ3) is 2.77. The molecule has 0 aliphatic carbocycles. The first-order valence-electron chi connectivity index (χ1n) is 5.52. The summed E-state index contributed by atoms with van der Waals surface area (Å²) in [7, 11) is -3.99. The van der Waals surface area contributed by atoms with E-state index in [0.29, 0.717) is 12.1 Å². The second kappa shape index (κ2) is 5.16. The lowest BCUT2D eigenvalue weighted by Crippen LogP contribution is -2.08. The van der Waals surface area contributed by atoms with Gasteiger partial charge in [-0.2, -0.15) is 0 Å². The van der Waals surface area contributed by atoms with E-state index in [1.165, 1.54) is 18.2 Å². The Bertz CT molecular complexity index is 760. The van der Waals surface area contributed by atoms with E-state index in [1.807, 2.05) is 0 Å². The second-order valence-corrected chi connectivity index (χ2v) is 6.14. The molecule has 2 aromatic carbocycles. The summed E-state index contributed by atoms with van der Waals surface area (Å²) in [5, 5.41) is 0. The number of hydrogen-bond acceptors (Lipinski definition) is 3.